The maximum atomic E-state index is 12.9. The fourth-order valence-electron chi connectivity index (χ4n) is 3.91. The standard InChI is InChI=1S/C17H16ClNO5/c1-7-5-8(2)14-13(17(23)24)12(7)15(20)19(14)11-4-3-9(18)6-10(11)16(21)22/h3-7,12-14H,1-2H3,(H,21,22)(H,23,24). The Hall–Kier alpha value is -2.34. The van der Waals surface area contributed by atoms with Crippen LogP contribution in [-0.2, 0) is 9.59 Å². The summed E-state index contributed by atoms with van der Waals surface area (Å²) in [5.41, 5.74) is 0.814. The minimum atomic E-state index is -1.22. The van der Waals surface area contributed by atoms with Crippen molar-refractivity contribution >= 4 is 35.1 Å². The molecule has 0 saturated carbocycles. The summed E-state index contributed by atoms with van der Waals surface area (Å²) in [4.78, 5) is 37.6. The number of benzene rings is 1. The predicted molar refractivity (Wildman–Crippen MR) is 87.2 cm³/mol. The van der Waals surface area contributed by atoms with E-state index in [2.05, 4.69) is 0 Å². The van der Waals surface area contributed by atoms with Crippen molar-refractivity contribution in [2.24, 2.45) is 17.8 Å². The Balaban J connectivity index is 2.20. The molecule has 1 aliphatic heterocycles. The third-order valence-electron chi connectivity index (χ3n) is 4.82. The summed E-state index contributed by atoms with van der Waals surface area (Å²) in [6.07, 6.45) is 1.89. The highest BCUT2D eigenvalue weighted by Crippen LogP contribution is 2.47. The molecule has 126 valence electrons. The number of anilines is 1. The zero-order valence-corrected chi connectivity index (χ0v) is 13.8. The number of aliphatic carboxylic acids is 1. The molecule has 1 saturated heterocycles. The van der Waals surface area contributed by atoms with Gasteiger partial charge in [0.05, 0.1) is 29.1 Å². The average molecular weight is 350 g/mol. The largest absolute Gasteiger partial charge is 0.481 e. The molecule has 1 aliphatic carbocycles. The van der Waals surface area contributed by atoms with Gasteiger partial charge in [-0.2, -0.15) is 0 Å². The molecule has 24 heavy (non-hydrogen) atoms. The van der Waals surface area contributed by atoms with E-state index in [1.165, 1.54) is 23.1 Å². The molecule has 0 radical (unpaired) electrons. The number of carbonyl (C=O) groups is 3. The van der Waals surface area contributed by atoms with E-state index in [-0.39, 0.29) is 28.1 Å². The van der Waals surface area contributed by atoms with E-state index in [0.717, 1.165) is 5.57 Å². The highest BCUT2D eigenvalue weighted by Gasteiger charge is 2.57. The van der Waals surface area contributed by atoms with E-state index in [1.54, 1.807) is 6.92 Å². The molecule has 1 heterocycles. The Kier molecular flexibility index (Phi) is 3.87. The molecule has 0 aromatic heterocycles. The van der Waals surface area contributed by atoms with Gasteiger partial charge >= 0.3 is 11.9 Å². The van der Waals surface area contributed by atoms with Crippen molar-refractivity contribution in [3.05, 3.63) is 40.4 Å². The summed E-state index contributed by atoms with van der Waals surface area (Å²) in [5, 5.41) is 19.3. The van der Waals surface area contributed by atoms with Crippen LogP contribution in [0.5, 0.6) is 0 Å². The van der Waals surface area contributed by atoms with Gasteiger partial charge in [-0.05, 0) is 31.0 Å². The summed E-state index contributed by atoms with van der Waals surface area (Å²) >= 11 is 5.87. The van der Waals surface area contributed by atoms with Gasteiger partial charge in [-0.3, -0.25) is 9.59 Å². The quantitative estimate of drug-likeness (QED) is 0.818. The van der Waals surface area contributed by atoms with Crippen molar-refractivity contribution < 1.29 is 24.6 Å². The third-order valence-corrected chi connectivity index (χ3v) is 5.06. The zero-order valence-electron chi connectivity index (χ0n) is 13.1. The number of amides is 1. The summed E-state index contributed by atoms with van der Waals surface area (Å²) in [6, 6.07) is 3.54. The summed E-state index contributed by atoms with van der Waals surface area (Å²) in [7, 11) is 0. The van der Waals surface area contributed by atoms with E-state index < -0.39 is 29.8 Å². The second-order valence-corrected chi connectivity index (χ2v) is 6.72. The molecule has 1 aromatic carbocycles. The van der Waals surface area contributed by atoms with E-state index in [0.29, 0.717) is 0 Å². The highest BCUT2D eigenvalue weighted by molar-refractivity contribution is 6.31. The smallest absolute Gasteiger partial charge is 0.337 e. The maximum absolute atomic E-state index is 12.9. The lowest BCUT2D eigenvalue weighted by molar-refractivity contribution is -0.145. The number of aromatic carboxylic acids is 1. The molecular weight excluding hydrogens is 334 g/mol. The topological polar surface area (TPSA) is 94.9 Å². The number of carboxylic acids is 2. The molecule has 6 nitrogen and oxygen atoms in total. The lowest BCUT2D eigenvalue weighted by Gasteiger charge is -2.31. The Morgan fingerprint density at radius 2 is 1.92 bits per heavy atom. The van der Waals surface area contributed by atoms with Crippen LogP contribution in [0.15, 0.2) is 29.8 Å². The van der Waals surface area contributed by atoms with E-state index in [1.807, 2.05) is 13.0 Å². The third kappa shape index (κ3) is 2.29. The normalized spacial score (nSPS) is 28.7. The highest BCUT2D eigenvalue weighted by atomic mass is 35.5. The van der Waals surface area contributed by atoms with Crippen LogP contribution in [0, 0.1) is 17.8 Å². The van der Waals surface area contributed by atoms with Crippen molar-refractivity contribution in [2.45, 2.75) is 19.9 Å². The number of nitrogens with zero attached hydrogens (tertiary/aromatic N) is 1. The van der Waals surface area contributed by atoms with Crippen LogP contribution >= 0.6 is 11.6 Å². The fourth-order valence-corrected chi connectivity index (χ4v) is 4.08. The molecule has 2 N–H and O–H groups in total. The van der Waals surface area contributed by atoms with Gasteiger partial charge in [0.15, 0.2) is 0 Å². The Morgan fingerprint density at radius 3 is 2.50 bits per heavy atom. The molecule has 0 spiro atoms. The number of fused-ring (bicyclic) bond motifs is 2. The average Bonchev–Trinajstić information content (AvgIpc) is 2.76. The second kappa shape index (κ2) is 5.63. The number of carboxylic acid groups (broad SMARTS) is 2. The van der Waals surface area contributed by atoms with E-state index >= 15 is 0 Å². The van der Waals surface area contributed by atoms with Crippen molar-refractivity contribution in [3.63, 3.8) is 0 Å². The van der Waals surface area contributed by atoms with Crippen molar-refractivity contribution in [1.82, 2.24) is 0 Å². The van der Waals surface area contributed by atoms with Crippen LogP contribution < -0.4 is 4.90 Å². The van der Waals surface area contributed by atoms with E-state index in [9.17, 15) is 24.6 Å². The van der Waals surface area contributed by atoms with Gasteiger partial charge in [-0.25, -0.2) is 4.79 Å². The lowest BCUT2D eigenvalue weighted by Crippen LogP contribution is -2.40. The van der Waals surface area contributed by atoms with Crippen LogP contribution in [0.4, 0.5) is 5.69 Å². The molecule has 7 heteroatoms. The second-order valence-electron chi connectivity index (χ2n) is 6.28. The number of hydrogen-bond donors (Lipinski definition) is 2. The molecule has 1 fully saturated rings. The van der Waals surface area contributed by atoms with Crippen LogP contribution in [0.2, 0.25) is 5.02 Å². The van der Waals surface area contributed by atoms with Gasteiger partial charge in [0.1, 0.15) is 0 Å². The van der Waals surface area contributed by atoms with Crippen LogP contribution in [0.1, 0.15) is 24.2 Å². The van der Waals surface area contributed by atoms with Gasteiger partial charge in [-0.15, -0.1) is 0 Å². The molecule has 1 amide bonds. The van der Waals surface area contributed by atoms with E-state index in [4.69, 9.17) is 11.6 Å². The van der Waals surface area contributed by atoms with Crippen LogP contribution in [-0.4, -0.2) is 34.1 Å². The predicted octanol–water partition coefficient (Wildman–Crippen LogP) is 2.67. The number of rotatable bonds is 3. The Labute approximate surface area is 143 Å². The maximum Gasteiger partial charge on any atom is 0.337 e. The van der Waals surface area contributed by atoms with Crippen LogP contribution in [0.3, 0.4) is 0 Å². The minimum absolute atomic E-state index is 0.118. The SMILES string of the molecule is CC1=CC(C)C2C(=O)N(c3ccc(Cl)cc3C(=O)O)C1C2C(=O)O. The first-order chi connectivity index (χ1) is 11.2. The summed E-state index contributed by atoms with van der Waals surface area (Å²) in [6.45, 7) is 3.58. The number of allylic oxidation sites excluding steroid dienone is 1. The molecule has 2 bridgehead atoms. The van der Waals surface area contributed by atoms with Crippen molar-refractivity contribution in [3.8, 4) is 0 Å². The first-order valence-corrected chi connectivity index (χ1v) is 7.89. The molecule has 4 unspecified atom stereocenters. The van der Waals surface area contributed by atoms with Crippen molar-refractivity contribution in [2.75, 3.05) is 4.90 Å². The number of hydrogen-bond acceptors (Lipinski definition) is 3. The summed E-state index contributed by atoms with van der Waals surface area (Å²) in [5.74, 6) is -4.45. The number of carbonyl (C=O) groups excluding carboxylic acids is 1. The molecule has 2 aliphatic rings. The monoisotopic (exact) mass is 349 g/mol. The minimum Gasteiger partial charge on any atom is -0.481 e. The van der Waals surface area contributed by atoms with Crippen LogP contribution in [0.25, 0.3) is 0 Å². The van der Waals surface area contributed by atoms with Gasteiger partial charge in [0, 0.05) is 5.02 Å². The molecule has 3 rings (SSSR count). The van der Waals surface area contributed by atoms with Gasteiger partial charge < -0.3 is 15.1 Å². The first-order valence-electron chi connectivity index (χ1n) is 7.51. The Morgan fingerprint density at radius 1 is 1.25 bits per heavy atom. The van der Waals surface area contributed by atoms with Gasteiger partial charge in [0.2, 0.25) is 5.91 Å². The van der Waals surface area contributed by atoms with Crippen molar-refractivity contribution in [1.29, 1.82) is 0 Å². The molecule has 1 aromatic rings. The summed E-state index contributed by atoms with van der Waals surface area (Å²) < 4.78 is 0. The first kappa shape index (κ1) is 16.5. The molecule has 4 atom stereocenters. The van der Waals surface area contributed by atoms with Gasteiger partial charge in [-0.1, -0.05) is 30.2 Å². The fraction of sp³-hybridized carbons (Fsp3) is 0.353. The Bertz CT molecular complexity index is 787. The zero-order chi connectivity index (χ0) is 17.8. The lowest BCUT2D eigenvalue weighted by atomic mass is 9.74. The number of halogens is 1. The van der Waals surface area contributed by atoms with Gasteiger partial charge in [0.25, 0.3) is 0 Å². The molecular formula is C17H16ClNO5.